The van der Waals surface area contributed by atoms with Crippen LogP contribution in [-0.2, 0) is 4.79 Å². The predicted octanol–water partition coefficient (Wildman–Crippen LogP) is 5.91. The highest BCUT2D eigenvalue weighted by molar-refractivity contribution is 14.1. The van der Waals surface area contributed by atoms with Crippen LogP contribution in [0.15, 0.2) is 47.6 Å². The van der Waals surface area contributed by atoms with Gasteiger partial charge in [-0.05, 0) is 83.2 Å². The van der Waals surface area contributed by atoms with Crippen molar-refractivity contribution in [3.05, 3.63) is 61.6 Å². The fraction of sp³-hybridized carbons (Fsp3) is 0.417. The molecule has 32 heavy (non-hydrogen) atoms. The highest BCUT2D eigenvalue weighted by atomic mass is 127. The van der Waals surface area contributed by atoms with Gasteiger partial charge in [-0.25, -0.2) is 5.01 Å². The van der Waals surface area contributed by atoms with E-state index in [1.165, 1.54) is 19.3 Å². The van der Waals surface area contributed by atoms with Crippen molar-refractivity contribution in [2.24, 2.45) is 22.9 Å². The number of benzene rings is 2. The summed E-state index contributed by atoms with van der Waals surface area (Å²) in [6, 6.07) is 13.6. The second kappa shape index (κ2) is 9.12. The molecular weight excluding hydrogens is 558 g/mol. The number of hydrazone groups is 1. The molecule has 2 aliphatic heterocycles. The second-order valence-corrected chi connectivity index (χ2v) is 11.1. The average Bonchev–Trinajstić information content (AvgIpc) is 3.42. The molecule has 5 rings (SSSR count). The fourth-order valence-electron chi connectivity index (χ4n) is 5.37. The molecule has 2 unspecified atom stereocenters. The van der Waals surface area contributed by atoms with Crippen LogP contribution in [0.5, 0.6) is 0 Å². The Labute approximate surface area is 212 Å². The van der Waals surface area contributed by atoms with E-state index < -0.39 is 0 Å². The largest absolute Gasteiger partial charge is 0.284 e. The fourth-order valence-corrected chi connectivity index (χ4v) is 6.23. The van der Waals surface area contributed by atoms with Crippen LogP contribution in [0.3, 0.4) is 0 Å². The van der Waals surface area contributed by atoms with Gasteiger partial charge in [0.1, 0.15) is 5.71 Å². The van der Waals surface area contributed by atoms with Crippen LogP contribution in [0.1, 0.15) is 37.8 Å². The van der Waals surface area contributed by atoms with E-state index in [4.69, 9.17) is 28.3 Å². The number of rotatable bonds is 4. The van der Waals surface area contributed by atoms with Gasteiger partial charge in [-0.15, -0.1) is 0 Å². The Morgan fingerprint density at radius 3 is 2.44 bits per heavy atom. The predicted molar refractivity (Wildman–Crippen MR) is 138 cm³/mol. The van der Waals surface area contributed by atoms with Gasteiger partial charge in [0, 0.05) is 27.6 Å². The van der Waals surface area contributed by atoms with E-state index in [2.05, 4.69) is 64.2 Å². The quantitative estimate of drug-likeness (QED) is 0.456. The van der Waals surface area contributed by atoms with Gasteiger partial charge >= 0.3 is 0 Å². The van der Waals surface area contributed by atoms with Crippen LogP contribution in [-0.4, -0.2) is 29.7 Å². The van der Waals surface area contributed by atoms with Crippen LogP contribution in [0.2, 0.25) is 10.0 Å². The first-order valence-electron chi connectivity index (χ1n) is 11.0. The van der Waals surface area contributed by atoms with Gasteiger partial charge in [0.05, 0.1) is 16.8 Å². The summed E-state index contributed by atoms with van der Waals surface area (Å²) in [5, 5.41) is 9.85. The van der Waals surface area contributed by atoms with E-state index in [0.29, 0.717) is 27.6 Å². The molecule has 2 aromatic carbocycles. The maximum absolute atomic E-state index is 13.3. The first kappa shape index (κ1) is 22.4. The lowest BCUT2D eigenvalue weighted by Crippen LogP contribution is -2.45. The van der Waals surface area contributed by atoms with Crippen molar-refractivity contribution in [2.75, 3.05) is 18.1 Å². The summed E-state index contributed by atoms with van der Waals surface area (Å²) in [5.74, 6) is 1.19. The monoisotopic (exact) mass is 582 g/mol. The first-order valence-corrected chi connectivity index (χ1v) is 12.9. The molecule has 1 amide bonds. The number of halogens is 3. The van der Waals surface area contributed by atoms with Gasteiger partial charge in [0.15, 0.2) is 0 Å². The van der Waals surface area contributed by atoms with Crippen LogP contribution in [0.4, 0.5) is 5.69 Å². The van der Waals surface area contributed by atoms with Crippen molar-refractivity contribution in [3.8, 4) is 0 Å². The van der Waals surface area contributed by atoms with E-state index >= 15 is 0 Å². The number of hydrogen-bond acceptors (Lipinski definition) is 4. The van der Waals surface area contributed by atoms with Crippen molar-refractivity contribution in [1.82, 2.24) is 10.4 Å². The Bertz CT molecular complexity index is 1050. The maximum Gasteiger partial charge on any atom is 0.282 e. The number of hydrogen-bond donors (Lipinski definition) is 1. The third-order valence-corrected chi connectivity index (χ3v) is 8.23. The molecule has 2 aromatic rings. The summed E-state index contributed by atoms with van der Waals surface area (Å²) in [6.07, 6.45) is 3.85. The zero-order valence-electron chi connectivity index (χ0n) is 17.8. The number of carbonyl (C=O) groups is 1. The summed E-state index contributed by atoms with van der Waals surface area (Å²) in [7, 11) is 0. The molecule has 1 saturated heterocycles. The van der Waals surface area contributed by atoms with E-state index in [9.17, 15) is 4.79 Å². The van der Waals surface area contributed by atoms with Gasteiger partial charge in [0.2, 0.25) is 0 Å². The summed E-state index contributed by atoms with van der Waals surface area (Å²) in [6.45, 7) is 3.93. The number of fused-ring (bicyclic) bond motifs is 1. The molecule has 1 saturated carbocycles. The number of nitrogens with one attached hydrogen (secondary N) is 1. The number of hydrazine groups is 1. The molecule has 0 radical (unpaired) electrons. The lowest BCUT2D eigenvalue weighted by Gasteiger charge is -2.27. The van der Waals surface area contributed by atoms with Gasteiger partial charge in [-0.2, -0.15) is 5.10 Å². The van der Waals surface area contributed by atoms with E-state index in [-0.39, 0.29) is 17.9 Å². The van der Waals surface area contributed by atoms with Crippen molar-refractivity contribution >= 4 is 63.1 Å². The second-order valence-electron chi connectivity index (χ2n) is 9.01. The van der Waals surface area contributed by atoms with Crippen molar-refractivity contribution < 1.29 is 4.79 Å². The van der Waals surface area contributed by atoms with E-state index in [0.717, 1.165) is 27.9 Å². The van der Waals surface area contributed by atoms with Crippen molar-refractivity contribution in [2.45, 2.75) is 32.2 Å². The Hall–Kier alpha value is -1.35. The standard InChI is InChI=1S/C24H25Cl2IN4O/c1-14-22(24(32)29-30-12-16-3-2-4-17(16)13-30)28-31(21-10-7-18(25)11-20(21)26)23(14)15-5-8-19(27)9-6-15/h5-11,14,16-17,23H,2-4,12-13H2,1H3,(H,29,32)/t14-,16?,17?,23+/m1/s1. The molecule has 0 bridgehead atoms. The summed E-state index contributed by atoms with van der Waals surface area (Å²) >= 11 is 15.0. The number of nitrogens with zero attached hydrogens (tertiary/aromatic N) is 3. The SMILES string of the molecule is C[C@@H]1C(C(=O)NN2CC3CCCC3C2)=NN(c2ccc(Cl)cc2Cl)[C@@H]1c1ccc(I)cc1. The number of anilines is 1. The summed E-state index contributed by atoms with van der Waals surface area (Å²) in [4.78, 5) is 13.3. The van der Waals surface area contributed by atoms with Crippen LogP contribution < -0.4 is 10.4 Å². The Kier molecular flexibility index (Phi) is 6.40. The zero-order valence-corrected chi connectivity index (χ0v) is 21.4. The van der Waals surface area contributed by atoms with Gasteiger partial charge < -0.3 is 0 Å². The minimum Gasteiger partial charge on any atom is -0.284 e. The molecule has 168 valence electrons. The summed E-state index contributed by atoms with van der Waals surface area (Å²) in [5.41, 5.74) is 5.49. The van der Waals surface area contributed by atoms with Crippen molar-refractivity contribution in [3.63, 3.8) is 0 Å². The van der Waals surface area contributed by atoms with Gasteiger partial charge in [-0.1, -0.05) is 48.7 Å². The zero-order chi connectivity index (χ0) is 22.4. The highest BCUT2D eigenvalue weighted by Gasteiger charge is 2.42. The van der Waals surface area contributed by atoms with Crippen LogP contribution in [0.25, 0.3) is 0 Å². The Morgan fingerprint density at radius 2 is 1.78 bits per heavy atom. The Morgan fingerprint density at radius 1 is 1.09 bits per heavy atom. The lowest BCUT2D eigenvalue weighted by atomic mass is 9.91. The molecule has 8 heteroatoms. The van der Waals surface area contributed by atoms with Crippen LogP contribution >= 0.6 is 45.8 Å². The van der Waals surface area contributed by atoms with E-state index in [1.54, 1.807) is 12.1 Å². The lowest BCUT2D eigenvalue weighted by molar-refractivity contribution is -0.119. The topological polar surface area (TPSA) is 47.9 Å². The van der Waals surface area contributed by atoms with Gasteiger partial charge in [0.25, 0.3) is 5.91 Å². The molecule has 5 nitrogen and oxygen atoms in total. The molecule has 1 N–H and O–H groups in total. The molecular formula is C24H25Cl2IN4O. The molecule has 0 aromatic heterocycles. The van der Waals surface area contributed by atoms with Gasteiger partial charge in [-0.3, -0.25) is 15.2 Å². The number of carbonyl (C=O) groups excluding carboxylic acids is 1. The van der Waals surface area contributed by atoms with E-state index in [1.807, 2.05) is 11.1 Å². The van der Waals surface area contributed by atoms with Crippen molar-refractivity contribution in [1.29, 1.82) is 0 Å². The first-order chi connectivity index (χ1) is 15.4. The smallest absolute Gasteiger partial charge is 0.282 e. The third kappa shape index (κ3) is 4.27. The molecule has 4 atom stereocenters. The minimum absolute atomic E-state index is 0.107. The van der Waals surface area contributed by atoms with Crippen LogP contribution in [0, 0.1) is 21.3 Å². The molecule has 2 fully saturated rings. The molecule has 1 aliphatic carbocycles. The normalized spacial score (nSPS) is 27.5. The minimum atomic E-state index is -0.135. The number of amides is 1. The maximum atomic E-state index is 13.3. The third-order valence-electron chi connectivity index (χ3n) is 6.97. The molecule has 0 spiro atoms. The Balaban J connectivity index is 1.44. The molecule has 2 heterocycles. The average molecular weight is 583 g/mol. The summed E-state index contributed by atoms with van der Waals surface area (Å²) < 4.78 is 1.16. The highest BCUT2D eigenvalue weighted by Crippen LogP contribution is 2.43. The molecule has 3 aliphatic rings.